The molecule has 1 atom stereocenters. The third-order valence-electron chi connectivity index (χ3n) is 4.35. The average molecular weight is 311 g/mol. The van der Waals surface area contributed by atoms with Gasteiger partial charge in [-0.1, -0.05) is 82.4 Å². The van der Waals surface area contributed by atoms with Crippen LogP contribution in [0.4, 0.5) is 0 Å². The molecule has 0 N–H and O–H groups in total. The molecule has 0 radical (unpaired) electrons. The number of hydrogen-bond donors (Lipinski definition) is 0. The molecule has 1 aliphatic carbocycles. The highest BCUT2D eigenvalue weighted by atomic mass is 14.2. The van der Waals surface area contributed by atoms with E-state index in [-0.39, 0.29) is 5.41 Å². The maximum absolute atomic E-state index is 4.35. The molecule has 1 unspecified atom stereocenters. The Balaban J connectivity index is 3.19. The van der Waals surface area contributed by atoms with Crippen molar-refractivity contribution >= 4 is 0 Å². The first kappa shape index (κ1) is 19.5. The van der Waals surface area contributed by atoms with Gasteiger partial charge >= 0.3 is 0 Å². The minimum Gasteiger partial charge on any atom is -0.0912 e. The van der Waals surface area contributed by atoms with Crippen LogP contribution in [-0.2, 0) is 0 Å². The Hall–Kier alpha value is -1.56. The highest BCUT2D eigenvalue weighted by Gasteiger charge is 2.15. The Kier molecular flexibility index (Phi) is 7.55. The molecule has 0 aromatic rings. The zero-order valence-corrected chi connectivity index (χ0v) is 15.9. The number of allylic oxidation sites excluding steroid dienone is 11. The van der Waals surface area contributed by atoms with Gasteiger partial charge in [-0.25, -0.2) is 0 Å². The summed E-state index contributed by atoms with van der Waals surface area (Å²) < 4.78 is 0. The lowest BCUT2D eigenvalue weighted by molar-refractivity contribution is 0.516. The van der Waals surface area contributed by atoms with Gasteiger partial charge in [0, 0.05) is 0 Å². The lowest BCUT2D eigenvalue weighted by Gasteiger charge is -2.21. The zero-order chi connectivity index (χ0) is 17.5. The standard InChI is InChI=1S/C23H34/c1-8-11-22(23(5,6)7)17-19(4)21-15-14-20(9-2)13-10-12-18(3)16-21/h8-9,11,14-18H,4,10,12-13H2,1-3,5-7H3/b11-8-,15-14-,20-9-,21-16?,22-17+. The third kappa shape index (κ3) is 6.60. The molecular formula is C23H34. The van der Waals surface area contributed by atoms with Gasteiger partial charge in [-0.2, -0.15) is 0 Å². The fraction of sp³-hybridized carbons (Fsp3) is 0.478. The van der Waals surface area contributed by atoms with Crippen LogP contribution in [0.2, 0.25) is 0 Å². The Morgan fingerprint density at radius 3 is 2.48 bits per heavy atom. The quantitative estimate of drug-likeness (QED) is 0.478. The van der Waals surface area contributed by atoms with E-state index in [9.17, 15) is 0 Å². The minimum absolute atomic E-state index is 0.123. The summed E-state index contributed by atoms with van der Waals surface area (Å²) in [6.07, 6.45) is 19.3. The van der Waals surface area contributed by atoms with Crippen LogP contribution < -0.4 is 0 Å². The van der Waals surface area contributed by atoms with Crippen molar-refractivity contribution in [1.29, 1.82) is 0 Å². The third-order valence-corrected chi connectivity index (χ3v) is 4.35. The molecule has 0 heterocycles. The molecule has 0 bridgehead atoms. The first-order chi connectivity index (χ1) is 10.8. The zero-order valence-electron chi connectivity index (χ0n) is 15.9. The van der Waals surface area contributed by atoms with Crippen LogP contribution >= 0.6 is 0 Å². The molecule has 23 heavy (non-hydrogen) atoms. The molecule has 0 saturated carbocycles. The SMILES string of the molecule is C=C(/C=C(\C=C/C)C(C)(C)C)C1=CC(C)CCCC(=C/C)/C=C\1. The van der Waals surface area contributed by atoms with Crippen LogP contribution in [0.3, 0.4) is 0 Å². The topological polar surface area (TPSA) is 0 Å². The summed E-state index contributed by atoms with van der Waals surface area (Å²) >= 11 is 0. The van der Waals surface area contributed by atoms with Crippen molar-refractivity contribution in [3.8, 4) is 0 Å². The van der Waals surface area contributed by atoms with Crippen molar-refractivity contribution in [3.05, 3.63) is 71.4 Å². The first-order valence-electron chi connectivity index (χ1n) is 8.87. The Bertz CT molecular complexity index is 553. The highest BCUT2D eigenvalue weighted by Crippen LogP contribution is 2.30. The summed E-state index contributed by atoms with van der Waals surface area (Å²) in [5.74, 6) is 0.593. The van der Waals surface area contributed by atoms with Gasteiger partial charge in [0.25, 0.3) is 0 Å². The van der Waals surface area contributed by atoms with Crippen LogP contribution in [0.15, 0.2) is 71.4 Å². The van der Waals surface area contributed by atoms with Crippen LogP contribution in [0.25, 0.3) is 0 Å². The van der Waals surface area contributed by atoms with Crippen molar-refractivity contribution in [2.24, 2.45) is 11.3 Å². The maximum atomic E-state index is 4.35. The van der Waals surface area contributed by atoms with E-state index >= 15 is 0 Å². The predicted molar refractivity (Wildman–Crippen MR) is 105 cm³/mol. The minimum atomic E-state index is 0.123. The van der Waals surface area contributed by atoms with Crippen molar-refractivity contribution in [3.63, 3.8) is 0 Å². The van der Waals surface area contributed by atoms with Crippen LogP contribution in [0.5, 0.6) is 0 Å². The van der Waals surface area contributed by atoms with E-state index in [4.69, 9.17) is 0 Å². The monoisotopic (exact) mass is 310 g/mol. The van der Waals surface area contributed by atoms with Crippen molar-refractivity contribution < 1.29 is 0 Å². The van der Waals surface area contributed by atoms with Gasteiger partial charge < -0.3 is 0 Å². The predicted octanol–water partition coefficient (Wildman–Crippen LogP) is 7.34. The van der Waals surface area contributed by atoms with E-state index in [2.05, 4.69) is 90.7 Å². The molecule has 0 heteroatoms. The van der Waals surface area contributed by atoms with Crippen molar-refractivity contribution in [2.75, 3.05) is 0 Å². The lowest BCUT2D eigenvalue weighted by atomic mass is 9.84. The van der Waals surface area contributed by atoms with Crippen molar-refractivity contribution in [2.45, 2.75) is 60.8 Å². The van der Waals surface area contributed by atoms with Crippen molar-refractivity contribution in [1.82, 2.24) is 0 Å². The summed E-state index contributed by atoms with van der Waals surface area (Å²) in [5.41, 5.74) is 5.22. The van der Waals surface area contributed by atoms with Gasteiger partial charge in [0.05, 0.1) is 0 Å². The Morgan fingerprint density at radius 1 is 1.22 bits per heavy atom. The molecule has 0 aliphatic heterocycles. The Morgan fingerprint density at radius 2 is 1.91 bits per heavy atom. The average Bonchev–Trinajstić information content (AvgIpc) is 2.56. The van der Waals surface area contributed by atoms with E-state index in [0.29, 0.717) is 5.92 Å². The summed E-state index contributed by atoms with van der Waals surface area (Å²) in [6.45, 7) is 17.6. The molecule has 0 nitrogen and oxygen atoms in total. The summed E-state index contributed by atoms with van der Waals surface area (Å²) in [4.78, 5) is 0. The van der Waals surface area contributed by atoms with E-state index in [1.807, 2.05) is 0 Å². The van der Waals surface area contributed by atoms with E-state index in [0.717, 1.165) is 5.57 Å². The lowest BCUT2D eigenvalue weighted by Crippen LogP contribution is -2.08. The molecule has 0 aromatic heterocycles. The molecule has 0 amide bonds. The van der Waals surface area contributed by atoms with Gasteiger partial charge in [-0.15, -0.1) is 0 Å². The summed E-state index contributed by atoms with van der Waals surface area (Å²) in [6, 6.07) is 0. The van der Waals surface area contributed by atoms with Gasteiger partial charge in [0.2, 0.25) is 0 Å². The Labute approximate surface area is 144 Å². The van der Waals surface area contributed by atoms with Gasteiger partial charge in [0.1, 0.15) is 0 Å². The maximum Gasteiger partial charge on any atom is -0.0132 e. The second kappa shape index (κ2) is 8.91. The molecule has 1 rings (SSSR count). The van der Waals surface area contributed by atoms with Gasteiger partial charge in [-0.05, 0) is 61.2 Å². The fourth-order valence-electron chi connectivity index (χ4n) is 2.77. The molecular weight excluding hydrogens is 276 g/mol. The molecule has 0 spiro atoms. The summed E-state index contributed by atoms with van der Waals surface area (Å²) in [5, 5.41) is 0. The second-order valence-electron chi connectivity index (χ2n) is 7.56. The normalized spacial score (nSPS) is 24.1. The van der Waals surface area contributed by atoms with E-state index in [1.165, 1.54) is 36.0 Å². The number of rotatable bonds is 3. The molecule has 0 saturated heterocycles. The number of hydrogen-bond acceptors (Lipinski definition) is 0. The summed E-state index contributed by atoms with van der Waals surface area (Å²) in [7, 11) is 0. The van der Waals surface area contributed by atoms with Gasteiger partial charge in [-0.3, -0.25) is 0 Å². The molecule has 0 aromatic carbocycles. The smallest absolute Gasteiger partial charge is 0.0132 e. The van der Waals surface area contributed by atoms with Crippen LogP contribution in [0.1, 0.15) is 60.8 Å². The molecule has 0 fully saturated rings. The van der Waals surface area contributed by atoms with Crippen LogP contribution in [-0.4, -0.2) is 0 Å². The van der Waals surface area contributed by atoms with Gasteiger partial charge in [0.15, 0.2) is 0 Å². The second-order valence-corrected chi connectivity index (χ2v) is 7.56. The first-order valence-corrected chi connectivity index (χ1v) is 8.87. The largest absolute Gasteiger partial charge is 0.0912 e. The molecule has 1 aliphatic rings. The highest BCUT2D eigenvalue weighted by molar-refractivity contribution is 5.49. The van der Waals surface area contributed by atoms with Crippen LogP contribution in [0, 0.1) is 11.3 Å². The fourth-order valence-corrected chi connectivity index (χ4v) is 2.77. The molecule has 126 valence electrons. The van der Waals surface area contributed by atoms with E-state index in [1.54, 1.807) is 0 Å². The van der Waals surface area contributed by atoms with E-state index < -0.39 is 0 Å².